The van der Waals surface area contributed by atoms with Crippen molar-refractivity contribution in [3.05, 3.63) is 63.9 Å². The number of nitrogens with zero attached hydrogens (tertiary/aromatic N) is 2. The zero-order valence-electron chi connectivity index (χ0n) is 20.3. The number of β-lactam (4-membered cyclic amide) rings is 1. The smallest absolute Gasteiger partial charge is 0.352 e. The van der Waals surface area contributed by atoms with Crippen molar-refractivity contribution in [1.82, 2.24) is 19.8 Å². The quantitative estimate of drug-likeness (QED) is 0.240. The van der Waals surface area contributed by atoms with E-state index in [0.717, 1.165) is 9.47 Å². The molecule has 2 atom stereocenters. The summed E-state index contributed by atoms with van der Waals surface area (Å²) in [4.78, 5) is 77.3. The molecule has 0 bridgehead atoms. The van der Waals surface area contributed by atoms with E-state index in [-0.39, 0.29) is 35.9 Å². The number of amides is 3. The van der Waals surface area contributed by atoms with Crippen LogP contribution in [0.2, 0.25) is 0 Å². The molecule has 14 nitrogen and oxygen atoms in total. The molecule has 1 unspecified atom stereocenters. The van der Waals surface area contributed by atoms with Crippen LogP contribution in [0.1, 0.15) is 12.5 Å². The Labute approximate surface area is 223 Å². The fraction of sp³-hybridized carbons (Fsp3) is 0.250. The highest BCUT2D eigenvalue weighted by Gasteiger charge is 2.54. The summed E-state index contributed by atoms with van der Waals surface area (Å²) in [5.74, 6) is -2.96. The highest BCUT2D eigenvalue weighted by molar-refractivity contribution is 8.00. The molecule has 202 valence electrons. The topological polar surface area (TPSA) is 193 Å². The molecule has 1 saturated heterocycles. The average Bonchev–Trinajstić information content (AvgIpc) is 3.47. The van der Waals surface area contributed by atoms with E-state index in [1.165, 1.54) is 31.0 Å². The Balaban J connectivity index is 1.25. The maximum absolute atomic E-state index is 12.8. The van der Waals surface area contributed by atoms with Crippen molar-refractivity contribution in [3.63, 3.8) is 0 Å². The van der Waals surface area contributed by atoms with Gasteiger partial charge in [0.15, 0.2) is 0 Å². The van der Waals surface area contributed by atoms with Crippen LogP contribution in [0.15, 0.2) is 57.1 Å². The molecule has 2 aliphatic heterocycles. The van der Waals surface area contributed by atoms with Crippen molar-refractivity contribution < 1.29 is 38.2 Å². The second kappa shape index (κ2) is 10.2. The molecular formula is C24H21N5O9S. The van der Waals surface area contributed by atoms with Gasteiger partial charge in [-0.3, -0.25) is 24.6 Å². The number of hydrogen-bond acceptors (Lipinski definition) is 9. The van der Waals surface area contributed by atoms with Crippen LogP contribution >= 0.6 is 11.8 Å². The van der Waals surface area contributed by atoms with E-state index in [9.17, 15) is 33.9 Å². The first-order valence-electron chi connectivity index (χ1n) is 11.6. The lowest BCUT2D eigenvalue weighted by molar-refractivity contribution is -0.151. The maximum Gasteiger partial charge on any atom is 0.352 e. The van der Waals surface area contributed by atoms with Crippen LogP contribution in [0.25, 0.3) is 11.0 Å². The van der Waals surface area contributed by atoms with Crippen molar-refractivity contribution in [2.24, 2.45) is 0 Å². The number of carboxylic acid groups (broad SMARTS) is 1. The summed E-state index contributed by atoms with van der Waals surface area (Å²) in [6.45, 7) is 0.941. The zero-order valence-corrected chi connectivity index (χ0v) is 21.1. The SMILES string of the molecule is CC(=O)OCC1=C(C(=O)O)N2C(=O)C(NC(=O)Cc3ccoc3NC(=O)n3c(=O)[nH]c4ccccc43)[C@H]2SC1. The van der Waals surface area contributed by atoms with Gasteiger partial charge in [0, 0.05) is 23.8 Å². The second-order valence-electron chi connectivity index (χ2n) is 8.66. The maximum atomic E-state index is 12.8. The normalized spacial score (nSPS) is 18.4. The molecule has 4 N–H and O–H groups in total. The summed E-state index contributed by atoms with van der Waals surface area (Å²) in [5.41, 5.74) is 0.491. The van der Waals surface area contributed by atoms with Gasteiger partial charge in [0.1, 0.15) is 23.7 Å². The molecule has 15 heteroatoms. The molecule has 2 aliphatic rings. The number of aromatic nitrogens is 2. The summed E-state index contributed by atoms with van der Waals surface area (Å²) in [5, 5.41) is 14.1. The molecule has 1 fully saturated rings. The number of carboxylic acids is 1. The summed E-state index contributed by atoms with van der Waals surface area (Å²) in [6.07, 6.45) is 0.993. The molecule has 0 radical (unpaired) electrons. The first-order valence-corrected chi connectivity index (χ1v) is 12.6. The van der Waals surface area contributed by atoms with E-state index in [1.807, 2.05) is 0 Å². The predicted molar refractivity (Wildman–Crippen MR) is 136 cm³/mol. The number of benzene rings is 1. The minimum absolute atomic E-state index is 0.0489. The fourth-order valence-corrected chi connectivity index (χ4v) is 5.70. The van der Waals surface area contributed by atoms with Crippen molar-refractivity contribution in [2.45, 2.75) is 24.8 Å². The lowest BCUT2D eigenvalue weighted by atomic mass is 10.0. The monoisotopic (exact) mass is 555 g/mol. The number of H-pyrrole nitrogens is 1. The number of nitrogens with one attached hydrogen (secondary N) is 3. The van der Waals surface area contributed by atoms with Crippen LogP contribution < -0.4 is 16.3 Å². The van der Waals surface area contributed by atoms with Crippen molar-refractivity contribution in [3.8, 4) is 0 Å². The largest absolute Gasteiger partial charge is 0.477 e. The predicted octanol–water partition coefficient (Wildman–Crippen LogP) is 0.847. The van der Waals surface area contributed by atoms with Gasteiger partial charge in [-0.1, -0.05) is 12.1 Å². The molecule has 5 rings (SSSR count). The van der Waals surface area contributed by atoms with Crippen LogP contribution in [0, 0.1) is 0 Å². The number of aliphatic carboxylic acids is 1. The Morgan fingerprint density at radius 3 is 2.72 bits per heavy atom. The van der Waals surface area contributed by atoms with Gasteiger partial charge in [0.25, 0.3) is 5.91 Å². The van der Waals surface area contributed by atoms with E-state index >= 15 is 0 Å². The molecule has 1 aromatic carbocycles. The summed E-state index contributed by atoms with van der Waals surface area (Å²) < 4.78 is 11.1. The van der Waals surface area contributed by atoms with E-state index < -0.39 is 46.9 Å². The number of anilines is 1. The van der Waals surface area contributed by atoms with Crippen molar-refractivity contribution in [1.29, 1.82) is 0 Å². The van der Waals surface area contributed by atoms with Gasteiger partial charge in [-0.25, -0.2) is 19.0 Å². The van der Waals surface area contributed by atoms with Crippen LogP contribution in [0.4, 0.5) is 10.7 Å². The number of ether oxygens (including phenoxy) is 1. The first-order chi connectivity index (χ1) is 18.7. The Kier molecular flexibility index (Phi) is 6.74. The summed E-state index contributed by atoms with van der Waals surface area (Å²) in [7, 11) is 0. The zero-order chi connectivity index (χ0) is 27.8. The minimum atomic E-state index is -1.34. The number of para-hydroxylation sites is 2. The number of furan rings is 1. The van der Waals surface area contributed by atoms with Crippen LogP contribution in [0.5, 0.6) is 0 Å². The van der Waals surface area contributed by atoms with Crippen molar-refractivity contribution >= 4 is 58.5 Å². The molecule has 3 amide bonds. The third-order valence-electron chi connectivity index (χ3n) is 6.13. The number of carbonyl (C=O) groups excluding carboxylic acids is 4. The Morgan fingerprint density at radius 2 is 1.97 bits per heavy atom. The highest BCUT2D eigenvalue weighted by Crippen LogP contribution is 2.40. The van der Waals surface area contributed by atoms with E-state index in [0.29, 0.717) is 16.6 Å². The Morgan fingerprint density at radius 1 is 1.21 bits per heavy atom. The number of fused-ring (bicyclic) bond motifs is 2. The van der Waals surface area contributed by atoms with Gasteiger partial charge in [-0.15, -0.1) is 11.8 Å². The van der Waals surface area contributed by atoms with E-state index in [2.05, 4.69) is 15.6 Å². The first kappa shape index (κ1) is 25.8. The molecule has 0 spiro atoms. The number of carbonyl (C=O) groups is 5. The van der Waals surface area contributed by atoms with E-state index in [1.54, 1.807) is 24.3 Å². The Bertz CT molecular complexity index is 1620. The average molecular weight is 556 g/mol. The third kappa shape index (κ3) is 4.79. The molecular weight excluding hydrogens is 534 g/mol. The van der Waals surface area contributed by atoms with Gasteiger partial charge < -0.3 is 24.6 Å². The van der Waals surface area contributed by atoms with Gasteiger partial charge in [0.2, 0.25) is 11.8 Å². The second-order valence-corrected chi connectivity index (χ2v) is 9.76. The molecule has 0 aliphatic carbocycles. The number of imidazole rings is 1. The number of rotatable bonds is 7. The molecule has 2 aromatic heterocycles. The van der Waals surface area contributed by atoms with Crippen molar-refractivity contribution in [2.75, 3.05) is 17.7 Å². The lowest BCUT2D eigenvalue weighted by Crippen LogP contribution is -2.70. The van der Waals surface area contributed by atoms with Crippen LogP contribution in [-0.2, 0) is 30.3 Å². The van der Waals surface area contributed by atoms with Crippen LogP contribution in [0.3, 0.4) is 0 Å². The highest BCUT2D eigenvalue weighted by atomic mass is 32.2. The van der Waals surface area contributed by atoms with E-state index in [4.69, 9.17) is 9.15 Å². The third-order valence-corrected chi connectivity index (χ3v) is 7.47. The number of esters is 1. The molecule has 3 aromatic rings. The van der Waals surface area contributed by atoms with Gasteiger partial charge in [0.05, 0.1) is 23.7 Å². The molecule has 4 heterocycles. The number of hydrogen-bond donors (Lipinski definition) is 4. The molecule has 0 saturated carbocycles. The number of aromatic amines is 1. The number of thioether (sulfide) groups is 1. The summed E-state index contributed by atoms with van der Waals surface area (Å²) in [6, 6.07) is 6.32. The standard InChI is InChI=1S/C24H21N5O9S/c1-11(30)38-9-13-10-39-21-17(20(32)29(21)18(13)22(33)34)26-16(31)8-12-6-7-37-19(12)27-24(36)28-15-5-3-2-4-14(15)25-23(28)35/h2-7,17,21H,8-10H2,1H3,(H,25,35)(H,26,31)(H,27,36)(H,33,34)/t17?,21-/m1/s1. The Hall–Kier alpha value is -4.79. The lowest BCUT2D eigenvalue weighted by Gasteiger charge is -2.49. The molecule has 39 heavy (non-hydrogen) atoms. The van der Waals surface area contributed by atoms with Crippen LogP contribution in [-0.4, -0.2) is 73.1 Å². The summed E-state index contributed by atoms with van der Waals surface area (Å²) >= 11 is 1.23. The van der Waals surface area contributed by atoms with Gasteiger partial charge in [-0.2, -0.15) is 0 Å². The minimum Gasteiger partial charge on any atom is -0.477 e. The van der Waals surface area contributed by atoms with Gasteiger partial charge in [-0.05, 0) is 18.2 Å². The fourth-order valence-electron chi connectivity index (χ4n) is 4.37. The van der Waals surface area contributed by atoms with Gasteiger partial charge >= 0.3 is 23.7 Å².